The molecule has 2 aliphatic carbocycles. The number of aromatic nitrogens is 2. The van der Waals surface area contributed by atoms with Gasteiger partial charge in [-0.05, 0) is 91.5 Å². The minimum atomic E-state index is -0.393. The van der Waals surface area contributed by atoms with Crippen LogP contribution in [-0.2, 0) is 12.1 Å². The van der Waals surface area contributed by atoms with E-state index < -0.39 is 5.66 Å². The quantitative estimate of drug-likeness (QED) is 0.234. The zero-order chi connectivity index (χ0) is 24.2. The lowest BCUT2D eigenvalue weighted by atomic mass is 9.86. The molecule has 2 heteroatoms. The lowest BCUT2D eigenvalue weighted by molar-refractivity contribution is -0.955. The van der Waals surface area contributed by atoms with Gasteiger partial charge in [0.05, 0.1) is 11.1 Å². The highest BCUT2D eigenvalue weighted by atomic mass is 15.3. The number of allylic oxidation sites excluding steroid dienone is 2. The molecule has 8 rings (SSSR count). The zero-order valence-electron chi connectivity index (χ0n) is 21.4. The first-order valence-electron chi connectivity index (χ1n) is 13.7. The van der Waals surface area contributed by atoms with Gasteiger partial charge in [0, 0.05) is 23.8 Å². The molecule has 4 aromatic rings. The maximum Gasteiger partial charge on any atom is 0.417 e. The van der Waals surface area contributed by atoms with Gasteiger partial charge in [-0.3, -0.25) is 0 Å². The third kappa shape index (κ3) is 2.34. The van der Waals surface area contributed by atoms with E-state index in [1.165, 1.54) is 76.0 Å². The lowest BCUT2D eigenvalue weighted by Gasteiger charge is -2.18. The Morgan fingerprint density at radius 2 is 1.64 bits per heavy atom. The summed E-state index contributed by atoms with van der Waals surface area (Å²) in [6.07, 6.45) is 11.1. The fraction of sp³-hybridized carbons (Fsp3) is 0.294. The average Bonchev–Trinajstić information content (AvgIpc) is 3.51. The molecule has 2 nitrogen and oxygen atoms in total. The molecule has 176 valence electrons. The predicted octanol–water partition coefficient (Wildman–Crippen LogP) is 6.84. The molecule has 2 aromatic heterocycles. The number of nitrogens with zero attached hydrogens (tertiary/aromatic N) is 2. The molecule has 1 spiro atoms. The summed E-state index contributed by atoms with van der Waals surface area (Å²) in [4.78, 5) is 0. The van der Waals surface area contributed by atoms with Gasteiger partial charge in [0.25, 0.3) is 0 Å². The number of benzene rings is 2. The van der Waals surface area contributed by atoms with Crippen molar-refractivity contribution >= 4 is 5.57 Å². The van der Waals surface area contributed by atoms with Crippen LogP contribution >= 0.6 is 0 Å². The van der Waals surface area contributed by atoms with E-state index in [0.29, 0.717) is 5.92 Å². The van der Waals surface area contributed by atoms with Crippen molar-refractivity contribution in [2.45, 2.75) is 64.5 Å². The fourth-order valence-corrected chi connectivity index (χ4v) is 7.88. The fourth-order valence-electron chi connectivity index (χ4n) is 7.88. The lowest BCUT2D eigenvalue weighted by Crippen LogP contribution is -2.71. The molecule has 1 atom stereocenters. The maximum atomic E-state index is 2.62. The summed E-state index contributed by atoms with van der Waals surface area (Å²) in [7, 11) is 0. The number of hydrogen-bond acceptors (Lipinski definition) is 0. The number of hydrogen-bond donors (Lipinski definition) is 0. The highest BCUT2D eigenvalue weighted by molar-refractivity contribution is 5.86. The first kappa shape index (κ1) is 20.7. The average molecular weight is 469 g/mol. The monoisotopic (exact) mass is 468 g/mol. The summed E-state index contributed by atoms with van der Waals surface area (Å²) >= 11 is 0. The minimum Gasteiger partial charge on any atom is -0.126 e. The van der Waals surface area contributed by atoms with Gasteiger partial charge < -0.3 is 0 Å². The molecule has 0 radical (unpaired) electrons. The second-order valence-electron chi connectivity index (χ2n) is 11.5. The first-order valence-corrected chi connectivity index (χ1v) is 13.7. The molecule has 2 aromatic carbocycles. The van der Waals surface area contributed by atoms with E-state index in [2.05, 4.69) is 103 Å². The van der Waals surface area contributed by atoms with Gasteiger partial charge in [-0.15, -0.1) is 9.13 Å². The number of fused-ring (bicyclic) bond motifs is 13. The molecule has 0 N–H and O–H groups in total. The Bertz CT molecular complexity index is 1610. The molecule has 0 amide bonds. The van der Waals surface area contributed by atoms with Crippen LogP contribution in [0.25, 0.3) is 28.1 Å². The molecule has 1 unspecified atom stereocenters. The Labute approximate surface area is 213 Å². The minimum absolute atomic E-state index is 0.393. The van der Waals surface area contributed by atoms with Crippen LogP contribution in [0, 0.1) is 6.92 Å². The number of aryl methyl sites for hydroxylation is 1. The van der Waals surface area contributed by atoms with Crippen LogP contribution in [0.3, 0.4) is 0 Å². The predicted molar refractivity (Wildman–Crippen MR) is 144 cm³/mol. The molecule has 36 heavy (non-hydrogen) atoms. The van der Waals surface area contributed by atoms with Gasteiger partial charge in [0.15, 0.2) is 12.4 Å². The van der Waals surface area contributed by atoms with Crippen LogP contribution in [0.4, 0.5) is 0 Å². The summed E-state index contributed by atoms with van der Waals surface area (Å²) in [5, 5.41) is 0. The van der Waals surface area contributed by atoms with Crippen molar-refractivity contribution in [1.29, 1.82) is 0 Å². The van der Waals surface area contributed by atoms with Crippen LogP contribution in [-0.4, -0.2) is 0 Å². The Morgan fingerprint density at radius 1 is 0.806 bits per heavy atom. The first-order chi connectivity index (χ1) is 17.6. The largest absolute Gasteiger partial charge is 0.417 e. The van der Waals surface area contributed by atoms with Crippen molar-refractivity contribution in [3.63, 3.8) is 0 Å². The van der Waals surface area contributed by atoms with Gasteiger partial charge in [-0.2, -0.15) is 0 Å². The molecule has 0 fully saturated rings. The summed E-state index contributed by atoms with van der Waals surface area (Å²) in [6.45, 7) is 6.95. The Hall–Kier alpha value is -3.52. The van der Waals surface area contributed by atoms with Crippen molar-refractivity contribution in [3.05, 3.63) is 112 Å². The zero-order valence-corrected chi connectivity index (χ0v) is 21.4. The molecular formula is C34H32N2+2. The van der Waals surface area contributed by atoms with E-state index in [0.717, 1.165) is 6.42 Å². The Kier molecular flexibility index (Phi) is 4.03. The van der Waals surface area contributed by atoms with E-state index >= 15 is 0 Å². The van der Waals surface area contributed by atoms with Crippen molar-refractivity contribution < 1.29 is 9.13 Å². The van der Waals surface area contributed by atoms with E-state index in [1.54, 1.807) is 16.7 Å². The second kappa shape index (κ2) is 7.03. The molecule has 0 saturated carbocycles. The van der Waals surface area contributed by atoms with E-state index in [4.69, 9.17) is 0 Å². The molecule has 4 heterocycles. The van der Waals surface area contributed by atoms with Crippen LogP contribution in [0.1, 0.15) is 78.8 Å². The Morgan fingerprint density at radius 3 is 2.53 bits per heavy atom. The topological polar surface area (TPSA) is 7.76 Å². The van der Waals surface area contributed by atoms with Crippen LogP contribution in [0.5, 0.6) is 0 Å². The molecule has 2 aliphatic heterocycles. The Balaban J connectivity index is 1.53. The van der Waals surface area contributed by atoms with Crippen molar-refractivity contribution in [2.24, 2.45) is 0 Å². The van der Waals surface area contributed by atoms with Gasteiger partial charge in [-0.1, -0.05) is 37.6 Å². The number of pyridine rings is 2. The highest BCUT2D eigenvalue weighted by Gasteiger charge is 2.67. The van der Waals surface area contributed by atoms with Crippen LogP contribution in [0.15, 0.2) is 78.6 Å². The summed E-state index contributed by atoms with van der Waals surface area (Å²) in [6, 6.07) is 23.2. The summed E-state index contributed by atoms with van der Waals surface area (Å²) < 4.78 is 5.15. The van der Waals surface area contributed by atoms with Gasteiger partial charge in [0.1, 0.15) is 11.1 Å². The van der Waals surface area contributed by atoms with Gasteiger partial charge >= 0.3 is 5.66 Å². The molecule has 0 bridgehead atoms. The van der Waals surface area contributed by atoms with Crippen LogP contribution < -0.4 is 9.13 Å². The summed E-state index contributed by atoms with van der Waals surface area (Å²) in [5.74, 6) is 0.495. The number of rotatable bonds is 1. The maximum absolute atomic E-state index is 2.62. The summed E-state index contributed by atoms with van der Waals surface area (Å²) in [5.41, 5.74) is 17.2. The van der Waals surface area contributed by atoms with E-state index in [1.807, 2.05) is 0 Å². The SMILES string of the molecule is Cc1c[n+]2c(cc1C(C)C)-c1c(ccc3c1CC1=C3CCCC1)C21c2ccccc2-c2cccc[n+]21. The van der Waals surface area contributed by atoms with Gasteiger partial charge in [-0.25, -0.2) is 0 Å². The van der Waals surface area contributed by atoms with Crippen molar-refractivity contribution in [1.82, 2.24) is 0 Å². The van der Waals surface area contributed by atoms with Crippen molar-refractivity contribution in [2.75, 3.05) is 0 Å². The van der Waals surface area contributed by atoms with Crippen LogP contribution in [0.2, 0.25) is 0 Å². The highest BCUT2D eigenvalue weighted by Crippen LogP contribution is 2.52. The van der Waals surface area contributed by atoms with Crippen molar-refractivity contribution in [3.8, 4) is 22.5 Å². The third-order valence-corrected chi connectivity index (χ3v) is 9.33. The molecular weight excluding hydrogens is 436 g/mol. The standard InChI is InChI=1S/C34H32N2/c1-21(2)27-19-32-33-28-18-23-10-4-5-11-24(23)25(28)15-16-30(33)34(36(32)20-22(27)3)29-13-7-6-12-26(29)31-14-8-9-17-35(31)34/h6-9,12-17,19-21H,4-5,10-11,18H2,1-3H3/q+2. The smallest absolute Gasteiger partial charge is 0.126 e. The second-order valence-corrected chi connectivity index (χ2v) is 11.5. The van der Waals surface area contributed by atoms with Gasteiger partial charge in [0.2, 0.25) is 11.4 Å². The molecule has 0 saturated heterocycles. The van der Waals surface area contributed by atoms with E-state index in [9.17, 15) is 0 Å². The van der Waals surface area contributed by atoms with E-state index in [-0.39, 0.29) is 0 Å². The normalized spacial score (nSPS) is 20.3. The third-order valence-electron chi connectivity index (χ3n) is 9.33. The molecule has 4 aliphatic rings.